The maximum absolute atomic E-state index is 7.79. The molecule has 0 aliphatic rings. The monoisotopic (exact) mass is 629 g/mol. The molecule has 0 aliphatic heterocycles. The first-order valence-electron chi connectivity index (χ1n) is 17.8. The second-order valence-corrected chi connectivity index (χ2v) is 13.0. The van der Waals surface area contributed by atoms with Gasteiger partial charge in [-0.2, -0.15) is 0 Å². The molecule has 0 saturated heterocycles. The highest BCUT2D eigenvalue weighted by molar-refractivity contribution is 6.11. The van der Waals surface area contributed by atoms with E-state index < -0.39 is 6.85 Å². The molecule has 0 amide bonds. The Morgan fingerprint density at radius 1 is 0.583 bits per heavy atom. The third-order valence-electron chi connectivity index (χ3n) is 9.37. The van der Waals surface area contributed by atoms with Crippen LogP contribution in [0.3, 0.4) is 0 Å². The highest BCUT2D eigenvalue weighted by Crippen LogP contribution is 2.42. The standard InChI is InChI=1S/C42H34N4O2/c1-23(2)26-11-8-12-27(24(3)4)37(26)46-36-18-7-6-17-35(36)44-40(46)33-16-10-14-29-31-21-22-34(45-42(31)48-39(29)33)32-15-9-13-28-30-20-19-25(5)43-41(30)47-38(28)32/h6-24H,1-5H3/i5D3. The van der Waals surface area contributed by atoms with Crippen molar-refractivity contribution in [2.45, 2.75) is 46.4 Å². The molecule has 9 rings (SSSR count). The summed E-state index contributed by atoms with van der Waals surface area (Å²) in [5.74, 6) is 1.41. The van der Waals surface area contributed by atoms with Gasteiger partial charge in [0, 0.05) is 36.9 Å². The fourth-order valence-electron chi connectivity index (χ4n) is 7.09. The van der Waals surface area contributed by atoms with Crippen molar-refractivity contribution >= 4 is 55.2 Å². The molecule has 0 atom stereocenters. The van der Waals surface area contributed by atoms with E-state index in [0.29, 0.717) is 34.4 Å². The lowest BCUT2D eigenvalue weighted by Crippen LogP contribution is -2.08. The Balaban J connectivity index is 1.25. The zero-order valence-corrected chi connectivity index (χ0v) is 27.1. The summed E-state index contributed by atoms with van der Waals surface area (Å²) in [6.07, 6.45) is 0. The van der Waals surface area contributed by atoms with Crippen LogP contribution in [0, 0.1) is 6.85 Å². The number of rotatable bonds is 5. The molecule has 0 radical (unpaired) electrons. The summed E-state index contributed by atoms with van der Waals surface area (Å²) in [6, 6.07) is 34.2. The van der Waals surface area contributed by atoms with Crippen molar-refractivity contribution in [2.24, 2.45) is 0 Å². The number of hydrogen-bond acceptors (Lipinski definition) is 5. The molecule has 9 aromatic rings. The van der Waals surface area contributed by atoms with Crippen molar-refractivity contribution in [1.82, 2.24) is 19.5 Å². The normalized spacial score (nSPS) is 13.4. The Bertz CT molecular complexity index is 2800. The SMILES string of the molecule is [2H]C([2H])([2H])c1ccc2c(n1)oc1c(-c3ccc4c(n3)oc3c(-c5nc6ccccc6n5-c5c(C(C)C)cccc5C(C)C)cccc34)cccc12. The number of benzene rings is 4. The summed E-state index contributed by atoms with van der Waals surface area (Å²) in [4.78, 5) is 14.6. The van der Waals surface area contributed by atoms with Crippen molar-refractivity contribution in [3.8, 4) is 28.3 Å². The van der Waals surface area contributed by atoms with Gasteiger partial charge in [-0.3, -0.25) is 4.57 Å². The fraction of sp³-hybridized carbons (Fsp3) is 0.167. The summed E-state index contributed by atoms with van der Waals surface area (Å²) in [6.45, 7) is 6.62. The van der Waals surface area contributed by atoms with Crippen LogP contribution < -0.4 is 0 Å². The first kappa shape index (κ1) is 25.4. The molecular weight excluding hydrogens is 592 g/mol. The van der Waals surface area contributed by atoms with E-state index >= 15 is 0 Å². The van der Waals surface area contributed by atoms with Crippen LogP contribution in [0.15, 0.2) is 112 Å². The Labute approximate surface area is 281 Å². The van der Waals surface area contributed by atoms with Gasteiger partial charge in [0.25, 0.3) is 0 Å². The van der Waals surface area contributed by atoms with Crippen LogP contribution in [0.1, 0.15) is 60.5 Å². The van der Waals surface area contributed by atoms with Crippen molar-refractivity contribution in [3.63, 3.8) is 0 Å². The van der Waals surface area contributed by atoms with E-state index in [1.54, 1.807) is 6.07 Å². The topological polar surface area (TPSA) is 69.9 Å². The van der Waals surface area contributed by atoms with Crippen LogP contribution in [0.2, 0.25) is 0 Å². The van der Waals surface area contributed by atoms with Crippen LogP contribution in [0.25, 0.3) is 83.5 Å². The van der Waals surface area contributed by atoms with Crippen molar-refractivity contribution in [1.29, 1.82) is 0 Å². The number of aryl methyl sites for hydroxylation is 1. The molecule has 5 heterocycles. The second-order valence-electron chi connectivity index (χ2n) is 13.0. The lowest BCUT2D eigenvalue weighted by molar-refractivity contribution is 0.651. The molecule has 48 heavy (non-hydrogen) atoms. The minimum Gasteiger partial charge on any atom is -0.437 e. The average Bonchev–Trinajstić information content (AvgIpc) is 3.81. The van der Waals surface area contributed by atoms with E-state index in [2.05, 4.69) is 91.8 Å². The molecule has 4 aromatic carbocycles. The van der Waals surface area contributed by atoms with Gasteiger partial charge in [-0.15, -0.1) is 0 Å². The highest BCUT2D eigenvalue weighted by Gasteiger charge is 2.25. The van der Waals surface area contributed by atoms with Crippen LogP contribution in [-0.4, -0.2) is 19.5 Å². The molecular formula is C42H34N4O2. The number of para-hydroxylation sites is 5. The van der Waals surface area contributed by atoms with E-state index in [9.17, 15) is 0 Å². The Kier molecular flexibility index (Phi) is 5.62. The van der Waals surface area contributed by atoms with Crippen molar-refractivity contribution in [2.75, 3.05) is 0 Å². The first-order valence-corrected chi connectivity index (χ1v) is 16.3. The third kappa shape index (κ3) is 4.22. The van der Waals surface area contributed by atoms with Gasteiger partial charge in [0.15, 0.2) is 0 Å². The molecule has 0 fully saturated rings. The molecule has 6 nitrogen and oxygen atoms in total. The highest BCUT2D eigenvalue weighted by atomic mass is 16.3. The third-order valence-corrected chi connectivity index (χ3v) is 9.37. The number of pyridine rings is 2. The van der Waals surface area contributed by atoms with Gasteiger partial charge < -0.3 is 8.83 Å². The van der Waals surface area contributed by atoms with E-state index in [1.807, 2.05) is 36.4 Å². The quantitative estimate of drug-likeness (QED) is 0.189. The molecule has 234 valence electrons. The second kappa shape index (κ2) is 10.6. The summed E-state index contributed by atoms with van der Waals surface area (Å²) in [5, 5.41) is 3.42. The predicted molar refractivity (Wildman–Crippen MR) is 195 cm³/mol. The minimum atomic E-state index is -2.33. The fourth-order valence-corrected chi connectivity index (χ4v) is 7.09. The number of fused-ring (bicyclic) bond motifs is 7. The van der Waals surface area contributed by atoms with E-state index in [1.165, 1.54) is 22.9 Å². The van der Waals surface area contributed by atoms with Gasteiger partial charge in [0.1, 0.15) is 17.0 Å². The van der Waals surface area contributed by atoms with Gasteiger partial charge in [-0.1, -0.05) is 82.3 Å². The lowest BCUT2D eigenvalue weighted by Gasteiger charge is -2.22. The van der Waals surface area contributed by atoms with Gasteiger partial charge >= 0.3 is 0 Å². The summed E-state index contributed by atoms with van der Waals surface area (Å²) >= 11 is 0. The average molecular weight is 630 g/mol. The number of nitrogens with zero attached hydrogens (tertiary/aromatic N) is 4. The molecule has 0 saturated carbocycles. The zero-order valence-electron chi connectivity index (χ0n) is 30.1. The van der Waals surface area contributed by atoms with E-state index in [-0.39, 0.29) is 11.4 Å². The molecule has 0 unspecified atom stereocenters. The van der Waals surface area contributed by atoms with Crippen LogP contribution in [0.4, 0.5) is 0 Å². The van der Waals surface area contributed by atoms with Crippen molar-refractivity contribution < 1.29 is 12.9 Å². The van der Waals surface area contributed by atoms with E-state index in [4.69, 9.17) is 22.9 Å². The van der Waals surface area contributed by atoms with Crippen molar-refractivity contribution in [3.05, 3.63) is 120 Å². The lowest BCUT2D eigenvalue weighted by atomic mass is 9.92. The number of aromatic nitrogens is 4. The van der Waals surface area contributed by atoms with E-state index in [0.717, 1.165) is 49.5 Å². The van der Waals surface area contributed by atoms with Crippen LogP contribution >= 0.6 is 0 Å². The predicted octanol–water partition coefficient (Wildman–Crippen LogP) is 11.5. The smallest absolute Gasteiger partial charge is 0.227 e. The maximum Gasteiger partial charge on any atom is 0.227 e. The summed E-state index contributed by atoms with van der Waals surface area (Å²) < 4.78 is 38.6. The van der Waals surface area contributed by atoms with Gasteiger partial charge in [-0.05, 0) is 78.3 Å². The molecule has 0 N–H and O–H groups in total. The Morgan fingerprint density at radius 2 is 1.21 bits per heavy atom. The Morgan fingerprint density at radius 3 is 1.92 bits per heavy atom. The summed E-state index contributed by atoms with van der Waals surface area (Å²) in [7, 11) is 0. The van der Waals surface area contributed by atoms with Gasteiger partial charge in [0.2, 0.25) is 11.4 Å². The molecule has 0 bridgehead atoms. The molecule has 6 heteroatoms. The van der Waals surface area contributed by atoms with Crippen LogP contribution in [-0.2, 0) is 0 Å². The molecule has 0 aliphatic carbocycles. The zero-order chi connectivity index (χ0) is 35.2. The van der Waals surface area contributed by atoms with Crippen LogP contribution in [0.5, 0.6) is 0 Å². The first-order chi connectivity index (χ1) is 24.6. The molecule has 0 spiro atoms. The molecule has 5 aromatic heterocycles. The number of hydrogen-bond donors (Lipinski definition) is 0. The minimum absolute atomic E-state index is 0.00474. The van der Waals surface area contributed by atoms with Gasteiger partial charge in [-0.25, -0.2) is 15.0 Å². The largest absolute Gasteiger partial charge is 0.437 e. The summed E-state index contributed by atoms with van der Waals surface area (Å²) in [5.41, 5.74) is 10.0. The maximum atomic E-state index is 7.79. The number of imidazole rings is 1. The Hall–Kier alpha value is -5.75. The number of furan rings is 2. The van der Waals surface area contributed by atoms with Gasteiger partial charge in [0.05, 0.1) is 28.0 Å².